The molecule has 0 spiro atoms. The van der Waals surface area contributed by atoms with Crippen molar-refractivity contribution in [2.75, 3.05) is 0 Å². The second-order valence-corrected chi connectivity index (χ2v) is 4.15. The molecule has 0 saturated heterocycles. The zero-order valence-corrected chi connectivity index (χ0v) is 11.0. The van der Waals surface area contributed by atoms with Crippen LogP contribution in [0.3, 0.4) is 0 Å². The predicted octanol–water partition coefficient (Wildman–Crippen LogP) is 2.88. The normalized spacial score (nSPS) is 10.8. The van der Waals surface area contributed by atoms with Gasteiger partial charge >= 0.3 is 0 Å². The first-order valence-electron chi connectivity index (χ1n) is 5.72. The lowest BCUT2D eigenvalue weighted by atomic mass is 10.2. The molecule has 17 heavy (non-hydrogen) atoms. The molecule has 4 nitrogen and oxygen atoms in total. The quantitative estimate of drug-likeness (QED) is 0.787. The van der Waals surface area contributed by atoms with Crippen LogP contribution in [0.15, 0.2) is 12.3 Å². The molecule has 0 amide bonds. The van der Waals surface area contributed by atoms with Crippen molar-refractivity contribution in [3.05, 3.63) is 28.8 Å². The second-order valence-electron chi connectivity index (χ2n) is 3.79. The van der Waals surface area contributed by atoms with E-state index >= 15 is 0 Å². The van der Waals surface area contributed by atoms with Gasteiger partial charge in [0.25, 0.3) is 0 Å². The monoisotopic (exact) mass is 250 g/mol. The Bertz CT molecular complexity index is 533. The van der Waals surface area contributed by atoms with Gasteiger partial charge in [-0.05, 0) is 19.9 Å². The van der Waals surface area contributed by atoms with E-state index in [0.717, 1.165) is 35.7 Å². The maximum atomic E-state index is 6.13. The molecule has 5 heteroatoms. The van der Waals surface area contributed by atoms with E-state index in [0.29, 0.717) is 5.15 Å². The summed E-state index contributed by atoms with van der Waals surface area (Å²) in [5, 5.41) is 4.77. The summed E-state index contributed by atoms with van der Waals surface area (Å²) in [5.41, 5.74) is 2.77. The average molecular weight is 251 g/mol. The number of rotatable bonds is 3. The first-order chi connectivity index (χ1) is 8.17. The third kappa shape index (κ3) is 2.17. The minimum absolute atomic E-state index is 0.524. The van der Waals surface area contributed by atoms with Gasteiger partial charge in [0, 0.05) is 24.7 Å². The Morgan fingerprint density at radius 3 is 2.71 bits per heavy atom. The van der Waals surface area contributed by atoms with Gasteiger partial charge in [-0.1, -0.05) is 18.5 Å². The molecule has 0 N–H and O–H groups in total. The molecule has 0 aliphatic carbocycles. The molecule has 2 aromatic heterocycles. The number of nitrogens with zero attached hydrogens (tertiary/aromatic N) is 4. The molecule has 0 unspecified atom stereocenters. The summed E-state index contributed by atoms with van der Waals surface area (Å²) in [4.78, 5) is 8.79. The standard InChI is InChI=1S/C12H15ClN4/c1-4-10-15-11(8(3)12(13)16-10)9-6-7-14-17(9)5-2/h6-7H,4-5H2,1-3H3. The maximum absolute atomic E-state index is 6.13. The number of aryl methyl sites for hydroxylation is 2. The van der Waals surface area contributed by atoms with Gasteiger partial charge in [0.15, 0.2) is 0 Å². The molecule has 2 heterocycles. The largest absolute Gasteiger partial charge is 0.264 e. The molecular formula is C12H15ClN4. The van der Waals surface area contributed by atoms with Crippen LogP contribution in [0.2, 0.25) is 5.15 Å². The molecular weight excluding hydrogens is 236 g/mol. The molecule has 0 aromatic carbocycles. The zero-order valence-electron chi connectivity index (χ0n) is 10.2. The average Bonchev–Trinajstić information content (AvgIpc) is 2.80. The van der Waals surface area contributed by atoms with Crippen molar-refractivity contribution in [1.29, 1.82) is 0 Å². The fourth-order valence-electron chi connectivity index (χ4n) is 1.73. The maximum Gasteiger partial charge on any atom is 0.136 e. The second kappa shape index (κ2) is 4.84. The SMILES string of the molecule is CCc1nc(Cl)c(C)c(-c2ccnn2CC)n1. The van der Waals surface area contributed by atoms with Crippen molar-refractivity contribution >= 4 is 11.6 Å². The van der Waals surface area contributed by atoms with E-state index in [1.54, 1.807) is 6.20 Å². The third-order valence-electron chi connectivity index (χ3n) is 2.71. The van der Waals surface area contributed by atoms with Gasteiger partial charge in [0.05, 0.1) is 11.4 Å². The molecule has 2 rings (SSSR count). The van der Waals surface area contributed by atoms with E-state index in [4.69, 9.17) is 11.6 Å². The Morgan fingerprint density at radius 1 is 1.29 bits per heavy atom. The van der Waals surface area contributed by atoms with Gasteiger partial charge in [-0.25, -0.2) is 9.97 Å². The van der Waals surface area contributed by atoms with Gasteiger partial charge in [-0.2, -0.15) is 5.10 Å². The Balaban J connectivity index is 2.62. The van der Waals surface area contributed by atoms with Crippen molar-refractivity contribution in [3.63, 3.8) is 0 Å². The lowest BCUT2D eigenvalue weighted by molar-refractivity contribution is 0.664. The van der Waals surface area contributed by atoms with Gasteiger partial charge in [-0.3, -0.25) is 4.68 Å². The van der Waals surface area contributed by atoms with Gasteiger partial charge < -0.3 is 0 Å². The van der Waals surface area contributed by atoms with Crippen LogP contribution in [-0.2, 0) is 13.0 Å². The van der Waals surface area contributed by atoms with Gasteiger partial charge in [0.2, 0.25) is 0 Å². The lowest BCUT2D eigenvalue weighted by Crippen LogP contribution is -2.04. The molecule has 0 fully saturated rings. The summed E-state index contributed by atoms with van der Waals surface area (Å²) >= 11 is 6.13. The van der Waals surface area contributed by atoms with E-state index in [1.807, 2.05) is 24.6 Å². The summed E-state index contributed by atoms with van der Waals surface area (Å²) < 4.78 is 1.91. The summed E-state index contributed by atoms with van der Waals surface area (Å²) in [6.07, 6.45) is 2.55. The van der Waals surface area contributed by atoms with Crippen molar-refractivity contribution in [1.82, 2.24) is 19.7 Å². The number of hydrogen-bond acceptors (Lipinski definition) is 3. The first kappa shape index (κ1) is 12.0. The van der Waals surface area contributed by atoms with E-state index in [-0.39, 0.29) is 0 Å². The van der Waals surface area contributed by atoms with Crippen LogP contribution in [0.5, 0.6) is 0 Å². The fraction of sp³-hybridized carbons (Fsp3) is 0.417. The highest BCUT2D eigenvalue weighted by molar-refractivity contribution is 6.30. The Morgan fingerprint density at radius 2 is 2.06 bits per heavy atom. The summed E-state index contributed by atoms with van der Waals surface area (Å²) in [5.74, 6) is 0.763. The topological polar surface area (TPSA) is 43.6 Å². The highest BCUT2D eigenvalue weighted by Gasteiger charge is 2.13. The van der Waals surface area contributed by atoms with Gasteiger partial charge in [-0.15, -0.1) is 0 Å². The fourth-order valence-corrected chi connectivity index (χ4v) is 1.91. The Labute approximate surface area is 106 Å². The molecule has 0 aliphatic rings. The molecule has 90 valence electrons. The molecule has 2 aromatic rings. The molecule has 0 saturated carbocycles. The Kier molecular flexibility index (Phi) is 3.43. The third-order valence-corrected chi connectivity index (χ3v) is 3.08. The minimum atomic E-state index is 0.524. The van der Waals surface area contributed by atoms with E-state index in [2.05, 4.69) is 22.0 Å². The molecule has 0 radical (unpaired) electrons. The lowest BCUT2D eigenvalue weighted by Gasteiger charge is -2.09. The van der Waals surface area contributed by atoms with Crippen molar-refractivity contribution in [3.8, 4) is 11.4 Å². The first-order valence-corrected chi connectivity index (χ1v) is 6.10. The smallest absolute Gasteiger partial charge is 0.136 e. The Hall–Kier alpha value is -1.42. The van der Waals surface area contributed by atoms with Crippen LogP contribution >= 0.6 is 11.6 Å². The van der Waals surface area contributed by atoms with Crippen molar-refractivity contribution < 1.29 is 0 Å². The molecule has 0 atom stereocenters. The predicted molar refractivity (Wildman–Crippen MR) is 68.1 cm³/mol. The van der Waals surface area contributed by atoms with Crippen LogP contribution in [0.4, 0.5) is 0 Å². The molecule has 0 bridgehead atoms. The zero-order chi connectivity index (χ0) is 12.4. The van der Waals surface area contributed by atoms with Crippen LogP contribution in [-0.4, -0.2) is 19.7 Å². The van der Waals surface area contributed by atoms with Crippen molar-refractivity contribution in [2.45, 2.75) is 33.7 Å². The number of halogens is 1. The van der Waals surface area contributed by atoms with Gasteiger partial charge in [0.1, 0.15) is 11.0 Å². The van der Waals surface area contributed by atoms with Crippen LogP contribution < -0.4 is 0 Å². The highest BCUT2D eigenvalue weighted by Crippen LogP contribution is 2.25. The minimum Gasteiger partial charge on any atom is -0.264 e. The summed E-state index contributed by atoms with van der Waals surface area (Å²) in [7, 11) is 0. The molecule has 0 aliphatic heterocycles. The summed E-state index contributed by atoms with van der Waals surface area (Å²) in [6.45, 7) is 6.81. The van der Waals surface area contributed by atoms with E-state index < -0.39 is 0 Å². The summed E-state index contributed by atoms with van der Waals surface area (Å²) in [6, 6.07) is 1.95. The van der Waals surface area contributed by atoms with E-state index in [1.165, 1.54) is 0 Å². The number of hydrogen-bond donors (Lipinski definition) is 0. The van der Waals surface area contributed by atoms with Crippen molar-refractivity contribution in [2.24, 2.45) is 0 Å². The highest BCUT2D eigenvalue weighted by atomic mass is 35.5. The van der Waals surface area contributed by atoms with E-state index in [9.17, 15) is 0 Å². The number of aromatic nitrogens is 4. The van der Waals surface area contributed by atoms with Crippen LogP contribution in [0, 0.1) is 6.92 Å². The van der Waals surface area contributed by atoms with Crippen LogP contribution in [0.25, 0.3) is 11.4 Å². The van der Waals surface area contributed by atoms with Crippen LogP contribution in [0.1, 0.15) is 25.2 Å².